The number of hydrogen-bond donors (Lipinski definition) is 1. The van der Waals surface area contributed by atoms with Crippen LogP contribution < -0.4 is 5.32 Å². The molecule has 0 radical (unpaired) electrons. The molecule has 9 heteroatoms. The van der Waals surface area contributed by atoms with Gasteiger partial charge in [0.25, 0.3) is 5.91 Å². The fourth-order valence-corrected chi connectivity index (χ4v) is 4.35. The molecule has 0 spiro atoms. The summed E-state index contributed by atoms with van der Waals surface area (Å²) < 4.78 is 4.02. The van der Waals surface area contributed by atoms with E-state index in [0.29, 0.717) is 23.2 Å². The summed E-state index contributed by atoms with van der Waals surface area (Å²) in [6.07, 6.45) is 9.65. The van der Waals surface area contributed by atoms with Gasteiger partial charge in [0, 0.05) is 29.7 Å². The number of nitrogens with one attached hydrogen (secondary N) is 1. The Bertz CT molecular complexity index is 1250. The van der Waals surface area contributed by atoms with Crippen molar-refractivity contribution in [2.75, 3.05) is 5.32 Å². The second-order valence-corrected chi connectivity index (χ2v) is 9.49. The fourth-order valence-electron chi connectivity index (χ4n) is 3.53. The number of carbonyl (C=O) groups is 1. The third kappa shape index (κ3) is 4.08. The average molecular weight is 448 g/mol. The topological polar surface area (TPSA) is 90.5 Å². The van der Waals surface area contributed by atoms with Gasteiger partial charge in [-0.2, -0.15) is 0 Å². The molecule has 1 N–H and O–H groups in total. The maximum absolute atomic E-state index is 12.9. The minimum Gasteiger partial charge on any atom is -0.320 e. The summed E-state index contributed by atoms with van der Waals surface area (Å²) >= 11 is 1.53. The largest absolute Gasteiger partial charge is 0.320 e. The summed E-state index contributed by atoms with van der Waals surface area (Å²) in [6, 6.07) is 5.86. The Hall–Kier alpha value is -3.33. The van der Waals surface area contributed by atoms with E-state index in [9.17, 15) is 4.79 Å². The summed E-state index contributed by atoms with van der Waals surface area (Å²) in [5, 5.41) is 13.2. The molecule has 5 rings (SSSR count). The summed E-state index contributed by atoms with van der Waals surface area (Å²) in [5.41, 5.74) is 3.05. The van der Waals surface area contributed by atoms with Gasteiger partial charge in [0.1, 0.15) is 12.0 Å². The zero-order chi connectivity index (χ0) is 22.2. The van der Waals surface area contributed by atoms with Crippen LogP contribution in [0.25, 0.3) is 16.4 Å². The van der Waals surface area contributed by atoms with E-state index in [-0.39, 0.29) is 11.9 Å². The highest BCUT2D eigenvalue weighted by molar-refractivity contribution is 7.14. The number of imidazole rings is 1. The second kappa shape index (κ2) is 8.31. The van der Waals surface area contributed by atoms with Crippen molar-refractivity contribution in [1.29, 1.82) is 0 Å². The zero-order valence-electron chi connectivity index (χ0n) is 18.3. The first kappa shape index (κ1) is 20.6. The molecule has 4 aromatic heterocycles. The van der Waals surface area contributed by atoms with Crippen LogP contribution >= 0.6 is 11.3 Å². The molecule has 0 aliphatic heterocycles. The van der Waals surface area contributed by atoms with E-state index >= 15 is 0 Å². The van der Waals surface area contributed by atoms with Crippen molar-refractivity contribution in [1.82, 2.24) is 29.3 Å². The summed E-state index contributed by atoms with van der Waals surface area (Å²) in [6.45, 7) is 6.50. The lowest BCUT2D eigenvalue weighted by Crippen LogP contribution is -2.13. The molecule has 1 atom stereocenters. The lowest BCUT2D eigenvalue weighted by atomic mass is 10.1. The van der Waals surface area contributed by atoms with E-state index in [2.05, 4.69) is 50.8 Å². The molecular weight excluding hydrogens is 422 g/mol. The van der Waals surface area contributed by atoms with Gasteiger partial charge in [0.05, 0.1) is 28.3 Å². The molecule has 0 bridgehead atoms. The Morgan fingerprint density at radius 3 is 2.81 bits per heavy atom. The molecule has 4 heterocycles. The van der Waals surface area contributed by atoms with E-state index in [1.165, 1.54) is 24.2 Å². The minimum atomic E-state index is -0.254. The van der Waals surface area contributed by atoms with Crippen molar-refractivity contribution in [3.63, 3.8) is 0 Å². The Kier molecular flexibility index (Phi) is 5.34. The monoisotopic (exact) mass is 447 g/mol. The molecule has 1 saturated carbocycles. The van der Waals surface area contributed by atoms with Gasteiger partial charge in [-0.1, -0.05) is 13.8 Å². The summed E-state index contributed by atoms with van der Waals surface area (Å²) in [5.74, 6) is 1.60. The summed E-state index contributed by atoms with van der Waals surface area (Å²) in [4.78, 5) is 22.6. The third-order valence-electron chi connectivity index (χ3n) is 5.93. The number of hydrogen-bond acceptors (Lipinski definition) is 6. The van der Waals surface area contributed by atoms with Gasteiger partial charge >= 0.3 is 0 Å². The standard InChI is InChI=1S/C23H25N7OS/c1-14(2)15(3)30-13-26-28-22(30)21-8-17(11-32-21)27-23(31)19-9-18(6-7-24-19)29-10-20(25-12-29)16-4-5-16/h6-16H,4-5H2,1-3H3,(H,27,31). The third-order valence-corrected chi connectivity index (χ3v) is 6.85. The maximum atomic E-state index is 12.9. The van der Waals surface area contributed by atoms with Gasteiger partial charge in [0.15, 0.2) is 5.82 Å². The minimum absolute atomic E-state index is 0.254. The van der Waals surface area contributed by atoms with E-state index in [0.717, 1.165) is 22.1 Å². The molecule has 8 nitrogen and oxygen atoms in total. The highest BCUT2D eigenvalue weighted by Gasteiger charge is 2.26. The number of amides is 1. The quantitative estimate of drug-likeness (QED) is 0.434. The summed E-state index contributed by atoms with van der Waals surface area (Å²) in [7, 11) is 0. The van der Waals surface area contributed by atoms with Gasteiger partial charge < -0.3 is 14.5 Å². The van der Waals surface area contributed by atoms with Crippen LogP contribution in [-0.2, 0) is 0 Å². The lowest BCUT2D eigenvalue weighted by molar-refractivity contribution is 0.102. The van der Waals surface area contributed by atoms with Crippen molar-refractivity contribution in [2.45, 2.75) is 45.6 Å². The van der Waals surface area contributed by atoms with Crippen molar-refractivity contribution in [3.05, 3.63) is 60.0 Å². The van der Waals surface area contributed by atoms with Gasteiger partial charge in [-0.05, 0) is 43.9 Å². The molecule has 1 aliphatic carbocycles. The SMILES string of the molecule is CC(C)C(C)n1cnnc1-c1cc(NC(=O)c2cc(-n3cnc(C4CC4)c3)ccn2)cs1. The highest BCUT2D eigenvalue weighted by atomic mass is 32.1. The molecule has 1 unspecified atom stereocenters. The van der Waals surface area contributed by atoms with Crippen LogP contribution in [0.1, 0.15) is 61.8 Å². The maximum Gasteiger partial charge on any atom is 0.274 e. The molecule has 164 valence electrons. The van der Waals surface area contributed by atoms with Crippen LogP contribution in [0.3, 0.4) is 0 Å². The van der Waals surface area contributed by atoms with Crippen LogP contribution in [0.4, 0.5) is 5.69 Å². The lowest BCUT2D eigenvalue weighted by Gasteiger charge is -2.18. The first-order valence-corrected chi connectivity index (χ1v) is 11.7. The Labute approximate surface area is 190 Å². The molecule has 32 heavy (non-hydrogen) atoms. The van der Waals surface area contributed by atoms with E-state index in [1.807, 2.05) is 28.3 Å². The highest BCUT2D eigenvalue weighted by Crippen LogP contribution is 2.39. The smallest absolute Gasteiger partial charge is 0.274 e. The van der Waals surface area contributed by atoms with Crippen molar-refractivity contribution in [3.8, 4) is 16.4 Å². The number of carbonyl (C=O) groups excluding carboxylic acids is 1. The molecule has 1 amide bonds. The molecule has 4 aromatic rings. The molecular formula is C23H25N7OS. The number of pyridine rings is 1. The molecule has 1 aliphatic rings. The van der Waals surface area contributed by atoms with E-state index in [4.69, 9.17) is 0 Å². The normalized spacial score (nSPS) is 14.6. The average Bonchev–Trinajstić information content (AvgIpc) is 3.20. The van der Waals surface area contributed by atoms with Crippen molar-refractivity contribution < 1.29 is 4.79 Å². The predicted octanol–water partition coefficient (Wildman–Crippen LogP) is 4.93. The van der Waals surface area contributed by atoms with Gasteiger partial charge in [-0.3, -0.25) is 9.78 Å². The Morgan fingerprint density at radius 2 is 2.03 bits per heavy atom. The van der Waals surface area contributed by atoms with Crippen LogP contribution in [0.15, 0.2) is 48.6 Å². The molecule has 0 saturated heterocycles. The number of thiophene rings is 1. The van der Waals surface area contributed by atoms with Crippen LogP contribution in [0, 0.1) is 5.92 Å². The van der Waals surface area contributed by atoms with Gasteiger partial charge in [-0.25, -0.2) is 4.98 Å². The number of nitrogens with zero attached hydrogens (tertiary/aromatic N) is 6. The predicted molar refractivity (Wildman–Crippen MR) is 124 cm³/mol. The van der Waals surface area contributed by atoms with Crippen molar-refractivity contribution in [2.24, 2.45) is 5.92 Å². The Balaban J connectivity index is 1.32. The van der Waals surface area contributed by atoms with E-state index < -0.39 is 0 Å². The van der Waals surface area contributed by atoms with Crippen LogP contribution in [-0.4, -0.2) is 35.2 Å². The fraction of sp³-hybridized carbons (Fsp3) is 0.348. The van der Waals surface area contributed by atoms with Crippen LogP contribution in [0.5, 0.6) is 0 Å². The first-order chi connectivity index (χ1) is 15.5. The Morgan fingerprint density at radius 1 is 1.19 bits per heavy atom. The second-order valence-electron chi connectivity index (χ2n) is 8.58. The van der Waals surface area contributed by atoms with Gasteiger partial charge in [-0.15, -0.1) is 21.5 Å². The number of aromatic nitrogens is 6. The zero-order valence-corrected chi connectivity index (χ0v) is 19.1. The van der Waals surface area contributed by atoms with E-state index in [1.54, 1.807) is 24.9 Å². The number of anilines is 1. The number of rotatable bonds is 7. The van der Waals surface area contributed by atoms with Gasteiger partial charge in [0.2, 0.25) is 0 Å². The molecule has 0 aromatic carbocycles. The molecule has 1 fully saturated rings. The first-order valence-electron chi connectivity index (χ1n) is 10.8. The van der Waals surface area contributed by atoms with Crippen molar-refractivity contribution >= 4 is 22.9 Å². The van der Waals surface area contributed by atoms with Crippen LogP contribution in [0.2, 0.25) is 0 Å².